The molecule has 162 valence electrons. The number of carbonyl (C=O) groups excluding carboxylic acids is 1. The zero-order chi connectivity index (χ0) is 21.8. The molecule has 9 heteroatoms. The predicted molar refractivity (Wildman–Crippen MR) is 119 cm³/mol. The van der Waals surface area contributed by atoms with Gasteiger partial charge in [-0.2, -0.15) is 10.1 Å². The molecule has 0 spiro atoms. The van der Waals surface area contributed by atoms with Gasteiger partial charge in [-0.1, -0.05) is 12.1 Å². The van der Waals surface area contributed by atoms with Crippen LogP contribution in [0.1, 0.15) is 41.1 Å². The van der Waals surface area contributed by atoms with Crippen LogP contribution in [0, 0.1) is 0 Å². The molecule has 2 atom stereocenters. The lowest BCUT2D eigenvalue weighted by Crippen LogP contribution is -2.26. The largest absolute Gasteiger partial charge is 0.346 e. The van der Waals surface area contributed by atoms with E-state index in [2.05, 4.69) is 37.0 Å². The molecular weight excluding hydrogens is 409 g/mol. The van der Waals surface area contributed by atoms with Gasteiger partial charge in [0.25, 0.3) is 5.91 Å². The van der Waals surface area contributed by atoms with E-state index in [1.54, 1.807) is 28.9 Å². The number of amides is 1. The number of rotatable bonds is 6. The van der Waals surface area contributed by atoms with E-state index in [-0.39, 0.29) is 11.9 Å². The van der Waals surface area contributed by atoms with Gasteiger partial charge in [0.15, 0.2) is 5.82 Å². The van der Waals surface area contributed by atoms with Crippen LogP contribution in [0.15, 0.2) is 42.6 Å². The second kappa shape index (κ2) is 7.15. The summed E-state index contributed by atoms with van der Waals surface area (Å²) in [5.74, 6) is 1.47. The van der Waals surface area contributed by atoms with Gasteiger partial charge in [0.05, 0.1) is 17.8 Å². The molecule has 1 unspecified atom stereocenters. The number of aromatic nitrogens is 5. The molecule has 6 rings (SSSR count). The molecule has 2 saturated carbocycles. The molecule has 32 heavy (non-hydrogen) atoms. The fraction of sp³-hybridized carbons (Fsp3) is 0.304. The number of aryl methyl sites for hydroxylation is 1. The number of nitrogens with zero attached hydrogens (tertiary/aromatic N) is 4. The van der Waals surface area contributed by atoms with E-state index in [1.807, 2.05) is 19.3 Å². The number of halogens is 1. The Kier molecular flexibility index (Phi) is 4.24. The fourth-order valence-corrected chi connectivity index (χ4v) is 4.03. The number of H-pyrrole nitrogens is 1. The first-order chi connectivity index (χ1) is 15.6. The van der Waals surface area contributed by atoms with E-state index < -0.39 is 6.17 Å². The fourth-order valence-electron chi connectivity index (χ4n) is 4.03. The van der Waals surface area contributed by atoms with Gasteiger partial charge >= 0.3 is 0 Å². The Balaban J connectivity index is 1.24. The Labute approximate surface area is 183 Å². The maximum Gasteiger partial charge on any atom is 0.251 e. The quantitative estimate of drug-likeness (QED) is 0.431. The first kappa shape index (κ1) is 19.0. The van der Waals surface area contributed by atoms with Crippen LogP contribution in [-0.4, -0.2) is 43.1 Å². The summed E-state index contributed by atoms with van der Waals surface area (Å²) in [6, 6.07) is 10.8. The van der Waals surface area contributed by atoms with E-state index in [4.69, 9.17) is 0 Å². The molecule has 8 nitrogen and oxygen atoms in total. The zero-order valence-electron chi connectivity index (χ0n) is 17.5. The topological polar surface area (TPSA) is 101 Å². The molecule has 0 radical (unpaired) electrons. The summed E-state index contributed by atoms with van der Waals surface area (Å²) in [6.07, 6.45) is 3.71. The Bertz CT molecular complexity index is 1320. The molecular formula is C23H22FN7O. The van der Waals surface area contributed by atoms with Gasteiger partial charge in [-0.3, -0.25) is 9.89 Å². The van der Waals surface area contributed by atoms with Crippen molar-refractivity contribution in [1.29, 1.82) is 0 Å². The van der Waals surface area contributed by atoms with Crippen molar-refractivity contribution >= 4 is 28.4 Å². The molecule has 2 aliphatic carbocycles. The number of hydrogen-bond acceptors (Lipinski definition) is 5. The lowest BCUT2D eigenvalue weighted by atomic mass is 10.0. The van der Waals surface area contributed by atoms with Gasteiger partial charge in [-0.15, -0.1) is 5.10 Å². The van der Waals surface area contributed by atoms with Crippen LogP contribution in [-0.2, 0) is 7.05 Å². The number of aromatic amines is 1. The first-order valence-corrected chi connectivity index (χ1v) is 10.8. The zero-order valence-corrected chi connectivity index (χ0v) is 17.5. The number of alkyl halides is 1. The number of anilines is 2. The lowest BCUT2D eigenvalue weighted by Gasteiger charge is -2.11. The molecule has 4 aromatic rings. The van der Waals surface area contributed by atoms with Crippen molar-refractivity contribution in [1.82, 2.24) is 30.3 Å². The van der Waals surface area contributed by atoms with E-state index in [9.17, 15) is 9.18 Å². The number of carbonyl (C=O) groups is 1. The van der Waals surface area contributed by atoms with Crippen LogP contribution < -0.4 is 10.6 Å². The Morgan fingerprint density at radius 1 is 1.19 bits per heavy atom. The predicted octanol–water partition coefficient (Wildman–Crippen LogP) is 3.82. The minimum absolute atomic E-state index is 0.264. The van der Waals surface area contributed by atoms with Crippen molar-refractivity contribution in [3.8, 4) is 11.4 Å². The van der Waals surface area contributed by atoms with Crippen LogP contribution in [0.3, 0.4) is 0 Å². The van der Waals surface area contributed by atoms with E-state index >= 15 is 0 Å². The van der Waals surface area contributed by atoms with Crippen LogP contribution in [0.4, 0.5) is 16.0 Å². The second-order valence-corrected chi connectivity index (χ2v) is 8.55. The van der Waals surface area contributed by atoms with Crippen molar-refractivity contribution in [2.75, 3.05) is 5.32 Å². The Morgan fingerprint density at radius 3 is 2.69 bits per heavy atom. The minimum atomic E-state index is -0.920. The number of hydrogen-bond donors (Lipinski definition) is 3. The molecule has 1 amide bonds. The number of nitrogens with one attached hydrogen (secondary N) is 3. The summed E-state index contributed by atoms with van der Waals surface area (Å²) in [4.78, 5) is 16.9. The summed E-state index contributed by atoms with van der Waals surface area (Å²) in [5, 5.41) is 19.0. The highest BCUT2D eigenvalue weighted by atomic mass is 19.1. The highest BCUT2D eigenvalue weighted by Crippen LogP contribution is 2.47. The average Bonchev–Trinajstić information content (AvgIpc) is 3.66. The molecule has 0 aliphatic heterocycles. The van der Waals surface area contributed by atoms with Crippen molar-refractivity contribution < 1.29 is 9.18 Å². The van der Waals surface area contributed by atoms with Crippen LogP contribution in [0.2, 0.25) is 0 Å². The summed E-state index contributed by atoms with van der Waals surface area (Å²) in [6.45, 7) is 0. The van der Waals surface area contributed by atoms with Crippen LogP contribution in [0.25, 0.3) is 22.3 Å². The average molecular weight is 431 g/mol. The monoisotopic (exact) mass is 431 g/mol. The third-order valence-electron chi connectivity index (χ3n) is 6.10. The molecule has 3 N–H and O–H groups in total. The smallest absolute Gasteiger partial charge is 0.251 e. The van der Waals surface area contributed by atoms with Gasteiger partial charge < -0.3 is 10.6 Å². The Morgan fingerprint density at radius 2 is 1.97 bits per heavy atom. The van der Waals surface area contributed by atoms with E-state index in [0.717, 1.165) is 22.2 Å². The van der Waals surface area contributed by atoms with Gasteiger partial charge in [-0.05, 0) is 48.6 Å². The molecule has 2 aromatic heterocycles. The van der Waals surface area contributed by atoms with Crippen molar-refractivity contribution in [2.45, 2.75) is 37.4 Å². The van der Waals surface area contributed by atoms with Crippen LogP contribution in [0.5, 0.6) is 0 Å². The third kappa shape index (κ3) is 3.39. The molecule has 2 aliphatic rings. The lowest BCUT2D eigenvalue weighted by molar-refractivity contribution is 0.0947. The van der Waals surface area contributed by atoms with E-state index in [0.29, 0.717) is 29.7 Å². The van der Waals surface area contributed by atoms with Gasteiger partial charge in [-0.25, -0.2) is 9.07 Å². The van der Waals surface area contributed by atoms with Crippen molar-refractivity contribution in [2.24, 2.45) is 7.05 Å². The van der Waals surface area contributed by atoms with Crippen LogP contribution >= 0.6 is 0 Å². The van der Waals surface area contributed by atoms with Crippen molar-refractivity contribution in [3.05, 3.63) is 53.7 Å². The molecule has 2 heterocycles. The molecule has 0 saturated heterocycles. The summed E-state index contributed by atoms with van der Waals surface area (Å²) in [5.41, 5.74) is 4.60. The third-order valence-corrected chi connectivity index (χ3v) is 6.10. The second-order valence-electron chi connectivity index (χ2n) is 8.55. The highest BCUT2D eigenvalue weighted by molar-refractivity contribution is 5.95. The maximum atomic E-state index is 13.0. The molecule has 2 fully saturated rings. The number of fused-ring (bicyclic) bond motifs is 1. The van der Waals surface area contributed by atoms with Crippen molar-refractivity contribution in [3.63, 3.8) is 0 Å². The number of benzene rings is 2. The van der Waals surface area contributed by atoms with Gasteiger partial charge in [0.2, 0.25) is 5.95 Å². The van der Waals surface area contributed by atoms with Gasteiger partial charge in [0, 0.05) is 35.7 Å². The highest BCUT2D eigenvalue weighted by Gasteiger charge is 2.38. The minimum Gasteiger partial charge on any atom is -0.346 e. The van der Waals surface area contributed by atoms with E-state index in [1.165, 1.54) is 18.4 Å². The summed E-state index contributed by atoms with van der Waals surface area (Å²) in [7, 11) is 1.84. The first-order valence-electron chi connectivity index (χ1n) is 10.8. The summed E-state index contributed by atoms with van der Waals surface area (Å²) < 4.78 is 14.7. The molecule has 0 bridgehead atoms. The Hall–Kier alpha value is -3.75. The van der Waals surface area contributed by atoms with Gasteiger partial charge in [0.1, 0.15) is 6.17 Å². The normalized spacial score (nSPS) is 19.8. The summed E-state index contributed by atoms with van der Waals surface area (Å²) >= 11 is 0. The SMILES string of the molecule is Cn1nc(-c2ccc(C(=O)NC3C[C@@H]3F)cc2)nc1Nc1ccc2[nH]ncc2c1C1CC1. The molecule has 2 aromatic carbocycles. The standard InChI is InChI=1S/C23H22FN7O/c1-31-23(27-18-9-8-17-15(11-25-29-17)20(18)12-2-3-12)28-21(30-31)13-4-6-14(7-5-13)22(32)26-19-10-16(19)24/h4-9,11-12,16,19H,2-3,10H2,1H3,(H,25,29)(H,26,32)(H,27,28,30)/t16-,19?/m0/s1. The maximum absolute atomic E-state index is 13.0.